The molecule has 0 N–H and O–H groups in total. The van der Waals surface area contributed by atoms with Crippen molar-refractivity contribution in [1.82, 2.24) is 14.8 Å². The largest absolute Gasteiger partial charge is 0.460 e. The van der Waals surface area contributed by atoms with E-state index in [9.17, 15) is 9.59 Å². The molecule has 0 bridgehead atoms. The maximum Gasteiger partial charge on any atom is 0.378 e. The summed E-state index contributed by atoms with van der Waals surface area (Å²) in [6, 6.07) is -0.296. The lowest BCUT2D eigenvalue weighted by atomic mass is 10.0. The molecule has 6 nitrogen and oxygen atoms in total. The summed E-state index contributed by atoms with van der Waals surface area (Å²) in [6.45, 7) is 5.51. The molecule has 1 aromatic rings. The molecule has 2 heterocycles. The van der Waals surface area contributed by atoms with Gasteiger partial charge in [0.2, 0.25) is 0 Å². The van der Waals surface area contributed by atoms with Gasteiger partial charge in [0.25, 0.3) is 5.82 Å². The van der Waals surface area contributed by atoms with Crippen LogP contribution < -0.4 is 0 Å². The molecule has 0 aromatic carbocycles. The fraction of sp³-hybridized carbons (Fsp3) is 0.636. The lowest BCUT2D eigenvalue weighted by molar-refractivity contribution is -0.120. The van der Waals surface area contributed by atoms with Crippen molar-refractivity contribution in [3.63, 3.8) is 0 Å². The second-order valence-electron chi connectivity index (χ2n) is 4.22. The van der Waals surface area contributed by atoms with Crippen LogP contribution in [0.5, 0.6) is 0 Å². The molecule has 2 atom stereocenters. The minimum absolute atomic E-state index is 0.0379. The Labute approximate surface area is 99.0 Å². The molecule has 0 saturated heterocycles. The third-order valence-electron chi connectivity index (χ3n) is 2.90. The molecule has 1 aliphatic rings. The summed E-state index contributed by atoms with van der Waals surface area (Å²) in [4.78, 5) is 27.1. The van der Waals surface area contributed by atoms with Crippen LogP contribution in [0.3, 0.4) is 0 Å². The molecule has 0 fully saturated rings. The maximum atomic E-state index is 11.5. The number of carbonyl (C=O) groups is 2. The van der Waals surface area contributed by atoms with E-state index in [1.807, 2.05) is 6.92 Å². The van der Waals surface area contributed by atoms with Crippen molar-refractivity contribution in [2.75, 3.05) is 6.61 Å². The Morgan fingerprint density at radius 1 is 1.53 bits per heavy atom. The molecular weight excluding hydrogens is 222 g/mol. The number of rotatable bonds is 3. The van der Waals surface area contributed by atoms with Crippen molar-refractivity contribution in [3.05, 3.63) is 11.6 Å². The highest BCUT2D eigenvalue weighted by Crippen LogP contribution is 2.34. The molecule has 2 rings (SSSR count). The molecule has 17 heavy (non-hydrogen) atoms. The lowest BCUT2D eigenvalue weighted by Crippen LogP contribution is -2.15. The van der Waals surface area contributed by atoms with E-state index in [0.717, 1.165) is 0 Å². The fourth-order valence-corrected chi connectivity index (χ4v) is 2.06. The van der Waals surface area contributed by atoms with Crippen LogP contribution in [0, 0.1) is 0 Å². The predicted octanol–water partition coefficient (Wildman–Crippen LogP) is 1.09. The van der Waals surface area contributed by atoms with Gasteiger partial charge in [0.1, 0.15) is 11.9 Å². The highest BCUT2D eigenvalue weighted by molar-refractivity contribution is 5.85. The number of ether oxygens (including phenoxy) is 1. The zero-order valence-corrected chi connectivity index (χ0v) is 10.1. The van der Waals surface area contributed by atoms with E-state index >= 15 is 0 Å². The van der Waals surface area contributed by atoms with Gasteiger partial charge >= 0.3 is 5.97 Å². The Hall–Kier alpha value is -1.72. The molecule has 2 unspecified atom stereocenters. The molecule has 1 aromatic heterocycles. The van der Waals surface area contributed by atoms with Gasteiger partial charge in [0, 0.05) is 5.92 Å². The van der Waals surface area contributed by atoms with Crippen LogP contribution in [0.4, 0.5) is 0 Å². The van der Waals surface area contributed by atoms with Gasteiger partial charge in [0.15, 0.2) is 5.78 Å². The fourth-order valence-electron chi connectivity index (χ4n) is 2.06. The number of fused-ring (bicyclic) bond motifs is 1. The third kappa shape index (κ3) is 1.94. The Morgan fingerprint density at radius 3 is 2.82 bits per heavy atom. The van der Waals surface area contributed by atoms with Crippen LogP contribution in [0.25, 0.3) is 0 Å². The summed E-state index contributed by atoms with van der Waals surface area (Å²) in [5.41, 5.74) is 0. The summed E-state index contributed by atoms with van der Waals surface area (Å²) in [5.74, 6) is 0.368. The summed E-state index contributed by atoms with van der Waals surface area (Å²) in [7, 11) is 0. The first-order chi connectivity index (χ1) is 8.04. The SMILES string of the molecule is CCOC(=O)c1nc2n(n1)C(C(C)=O)CC2C. The average Bonchev–Trinajstić information content (AvgIpc) is 2.80. The van der Waals surface area contributed by atoms with E-state index in [2.05, 4.69) is 10.1 Å². The van der Waals surface area contributed by atoms with Crippen molar-refractivity contribution in [2.45, 2.75) is 39.2 Å². The standard InChI is InChI=1S/C11H15N3O3/c1-4-17-11(16)9-12-10-6(2)5-8(7(3)15)14(10)13-9/h6,8H,4-5H2,1-3H3. The first-order valence-electron chi connectivity index (χ1n) is 5.68. The Balaban J connectivity index is 2.32. The molecule has 0 radical (unpaired) electrons. The summed E-state index contributed by atoms with van der Waals surface area (Å²) >= 11 is 0. The predicted molar refractivity (Wildman–Crippen MR) is 58.7 cm³/mol. The topological polar surface area (TPSA) is 74.1 Å². The summed E-state index contributed by atoms with van der Waals surface area (Å²) < 4.78 is 6.39. The van der Waals surface area contributed by atoms with Gasteiger partial charge in [-0.2, -0.15) is 0 Å². The summed E-state index contributed by atoms with van der Waals surface area (Å²) in [6.07, 6.45) is 0.702. The number of nitrogens with zero attached hydrogens (tertiary/aromatic N) is 3. The van der Waals surface area contributed by atoms with Gasteiger partial charge in [-0.3, -0.25) is 4.79 Å². The van der Waals surface area contributed by atoms with E-state index in [4.69, 9.17) is 4.74 Å². The van der Waals surface area contributed by atoms with Gasteiger partial charge in [-0.15, -0.1) is 5.10 Å². The molecule has 1 aliphatic heterocycles. The zero-order valence-electron chi connectivity index (χ0n) is 10.1. The molecule has 6 heteroatoms. The number of ketones is 1. The monoisotopic (exact) mass is 237 g/mol. The van der Waals surface area contributed by atoms with Crippen LogP contribution in [0.2, 0.25) is 0 Å². The van der Waals surface area contributed by atoms with Gasteiger partial charge in [0.05, 0.1) is 6.61 Å². The number of esters is 1. The Kier molecular flexibility index (Phi) is 2.95. The van der Waals surface area contributed by atoms with E-state index in [-0.39, 0.29) is 30.2 Å². The Bertz CT molecular complexity index is 467. The van der Waals surface area contributed by atoms with E-state index in [0.29, 0.717) is 12.2 Å². The average molecular weight is 237 g/mol. The molecule has 0 aliphatic carbocycles. The smallest absolute Gasteiger partial charge is 0.378 e. The third-order valence-corrected chi connectivity index (χ3v) is 2.90. The number of aromatic nitrogens is 3. The van der Waals surface area contributed by atoms with Gasteiger partial charge in [-0.05, 0) is 20.3 Å². The quantitative estimate of drug-likeness (QED) is 0.736. The van der Waals surface area contributed by atoms with Crippen LogP contribution in [-0.4, -0.2) is 33.1 Å². The maximum absolute atomic E-state index is 11.5. The number of hydrogen-bond acceptors (Lipinski definition) is 5. The molecule has 0 saturated carbocycles. The van der Waals surface area contributed by atoms with E-state index in [1.54, 1.807) is 11.6 Å². The second-order valence-corrected chi connectivity index (χ2v) is 4.22. The van der Waals surface area contributed by atoms with Crippen molar-refractivity contribution >= 4 is 11.8 Å². The van der Waals surface area contributed by atoms with Gasteiger partial charge < -0.3 is 4.74 Å². The highest BCUT2D eigenvalue weighted by atomic mass is 16.5. The Morgan fingerprint density at radius 2 is 2.24 bits per heavy atom. The lowest BCUT2D eigenvalue weighted by Gasteiger charge is -2.06. The van der Waals surface area contributed by atoms with Crippen molar-refractivity contribution in [2.24, 2.45) is 0 Å². The minimum Gasteiger partial charge on any atom is -0.460 e. The number of carbonyl (C=O) groups excluding carboxylic acids is 2. The van der Waals surface area contributed by atoms with Crippen molar-refractivity contribution in [3.8, 4) is 0 Å². The first kappa shape index (κ1) is 11.8. The van der Waals surface area contributed by atoms with Crippen LogP contribution >= 0.6 is 0 Å². The minimum atomic E-state index is -0.538. The molecule has 0 spiro atoms. The van der Waals surface area contributed by atoms with E-state index in [1.165, 1.54) is 6.92 Å². The number of Topliss-reactive ketones (excluding diaryl/α,β-unsaturated/α-hetero) is 1. The summed E-state index contributed by atoms with van der Waals surface area (Å²) in [5, 5.41) is 4.07. The van der Waals surface area contributed by atoms with Crippen LogP contribution in [-0.2, 0) is 9.53 Å². The molecule has 0 amide bonds. The van der Waals surface area contributed by atoms with Crippen LogP contribution in [0.15, 0.2) is 0 Å². The molecular formula is C11H15N3O3. The van der Waals surface area contributed by atoms with Gasteiger partial charge in [-0.1, -0.05) is 6.92 Å². The number of hydrogen-bond donors (Lipinski definition) is 0. The highest BCUT2D eigenvalue weighted by Gasteiger charge is 2.35. The zero-order chi connectivity index (χ0) is 12.6. The van der Waals surface area contributed by atoms with Crippen molar-refractivity contribution < 1.29 is 14.3 Å². The van der Waals surface area contributed by atoms with Gasteiger partial charge in [-0.25, -0.2) is 14.5 Å². The van der Waals surface area contributed by atoms with Crippen molar-refractivity contribution in [1.29, 1.82) is 0 Å². The first-order valence-corrected chi connectivity index (χ1v) is 5.68. The second kappa shape index (κ2) is 4.27. The van der Waals surface area contributed by atoms with Crippen LogP contribution in [0.1, 0.15) is 55.6 Å². The molecule has 92 valence electrons. The normalized spacial score (nSPS) is 22.3. The van der Waals surface area contributed by atoms with E-state index < -0.39 is 5.97 Å².